The number of primary amides is 1. The number of nitrogens with one attached hydrogen (secondary N) is 1. The molecule has 0 aliphatic carbocycles. The van der Waals surface area contributed by atoms with Gasteiger partial charge in [-0.15, -0.1) is 0 Å². The van der Waals surface area contributed by atoms with Gasteiger partial charge in [-0.05, 0) is 24.8 Å². The quantitative estimate of drug-likeness (QED) is 0.596. The van der Waals surface area contributed by atoms with Gasteiger partial charge in [0.2, 0.25) is 18.0 Å². The molecule has 0 spiro atoms. The van der Waals surface area contributed by atoms with Crippen molar-refractivity contribution in [3.05, 3.63) is 65.7 Å². The zero-order valence-electron chi connectivity index (χ0n) is 20.3. The van der Waals surface area contributed by atoms with Crippen LogP contribution in [0.25, 0.3) is 0 Å². The van der Waals surface area contributed by atoms with Crippen molar-refractivity contribution >= 4 is 29.1 Å². The molecule has 0 saturated heterocycles. The van der Waals surface area contributed by atoms with Crippen molar-refractivity contribution in [1.29, 1.82) is 0 Å². The number of amides is 3. The van der Waals surface area contributed by atoms with E-state index in [1.54, 1.807) is 7.05 Å². The molecule has 180 valence electrons. The van der Waals surface area contributed by atoms with Gasteiger partial charge in [-0.1, -0.05) is 75.7 Å². The molecule has 7 nitrogen and oxygen atoms in total. The second-order valence-electron chi connectivity index (χ2n) is 9.20. The first-order valence-corrected chi connectivity index (χ1v) is 11.8. The fourth-order valence-corrected chi connectivity index (χ4v) is 4.50. The molecule has 0 saturated carbocycles. The Hall–Kier alpha value is -3.48. The molecular formula is C27H34N4O3. The monoisotopic (exact) mass is 462 g/mol. The normalized spacial score (nSPS) is 17.4. The van der Waals surface area contributed by atoms with Gasteiger partial charge in [-0.3, -0.25) is 14.4 Å². The summed E-state index contributed by atoms with van der Waals surface area (Å²) in [6.07, 6.45) is 0.616. The molecule has 34 heavy (non-hydrogen) atoms. The van der Waals surface area contributed by atoms with Crippen molar-refractivity contribution in [2.75, 3.05) is 11.9 Å². The summed E-state index contributed by atoms with van der Waals surface area (Å²) in [5, 5.41) is 2.85. The van der Waals surface area contributed by atoms with Crippen molar-refractivity contribution in [3.8, 4) is 0 Å². The van der Waals surface area contributed by atoms with Crippen LogP contribution in [0.3, 0.4) is 0 Å². The number of rotatable bonds is 9. The SMILES string of the molecule is CCC[C@H](C(N)=O)[C@@H](CC(C)C)C(=O)NC1N=C(c2ccccc2)c2ccccc2N(C)C1=O. The fraction of sp³-hybridized carbons (Fsp3) is 0.407. The molecule has 2 aromatic rings. The number of fused-ring (bicyclic) bond motifs is 1. The number of para-hydroxylation sites is 1. The predicted octanol–water partition coefficient (Wildman–Crippen LogP) is 3.51. The van der Waals surface area contributed by atoms with Gasteiger partial charge in [0.15, 0.2) is 0 Å². The largest absolute Gasteiger partial charge is 0.369 e. The lowest BCUT2D eigenvalue weighted by molar-refractivity contribution is -0.136. The van der Waals surface area contributed by atoms with Crippen LogP contribution >= 0.6 is 0 Å². The van der Waals surface area contributed by atoms with E-state index in [0.717, 1.165) is 17.5 Å². The highest BCUT2D eigenvalue weighted by Gasteiger charge is 2.36. The summed E-state index contributed by atoms with van der Waals surface area (Å²) in [6.45, 7) is 5.95. The number of hydrogen-bond acceptors (Lipinski definition) is 4. The van der Waals surface area contributed by atoms with Crippen molar-refractivity contribution in [1.82, 2.24) is 5.32 Å². The lowest BCUT2D eigenvalue weighted by atomic mass is 9.81. The molecule has 0 bridgehead atoms. The van der Waals surface area contributed by atoms with Crippen molar-refractivity contribution in [2.24, 2.45) is 28.5 Å². The second-order valence-corrected chi connectivity index (χ2v) is 9.20. The molecule has 0 aromatic heterocycles. The number of anilines is 1. The van der Waals surface area contributed by atoms with E-state index in [4.69, 9.17) is 10.7 Å². The maximum absolute atomic E-state index is 13.5. The summed E-state index contributed by atoms with van der Waals surface area (Å²) in [5.41, 5.74) is 8.67. The lowest BCUT2D eigenvalue weighted by Gasteiger charge is -2.27. The van der Waals surface area contributed by atoms with Crippen LogP contribution in [0.4, 0.5) is 5.69 Å². The Morgan fingerprint density at radius 2 is 1.71 bits per heavy atom. The molecule has 3 rings (SSSR count). The third-order valence-corrected chi connectivity index (χ3v) is 6.18. The summed E-state index contributed by atoms with van der Waals surface area (Å²) in [7, 11) is 1.68. The second kappa shape index (κ2) is 11.1. The van der Waals surface area contributed by atoms with Crippen LogP contribution in [0.15, 0.2) is 59.6 Å². The van der Waals surface area contributed by atoms with E-state index in [2.05, 4.69) is 5.32 Å². The highest BCUT2D eigenvalue weighted by molar-refractivity contribution is 6.20. The van der Waals surface area contributed by atoms with Crippen LogP contribution in [0.5, 0.6) is 0 Å². The highest BCUT2D eigenvalue weighted by atomic mass is 16.2. The smallest absolute Gasteiger partial charge is 0.272 e. The van der Waals surface area contributed by atoms with E-state index < -0.39 is 23.9 Å². The molecule has 3 amide bonds. The number of hydrogen-bond donors (Lipinski definition) is 2. The Morgan fingerprint density at radius 3 is 2.32 bits per heavy atom. The van der Waals surface area contributed by atoms with E-state index in [0.29, 0.717) is 24.2 Å². The van der Waals surface area contributed by atoms with Gasteiger partial charge in [0, 0.05) is 30.0 Å². The number of carbonyl (C=O) groups excluding carboxylic acids is 3. The van der Waals surface area contributed by atoms with Crippen LogP contribution in [-0.2, 0) is 14.4 Å². The summed E-state index contributed by atoms with van der Waals surface area (Å²) in [4.78, 5) is 45.4. The number of nitrogens with two attached hydrogens (primary N) is 1. The molecule has 1 aliphatic rings. The van der Waals surface area contributed by atoms with E-state index in [9.17, 15) is 14.4 Å². The van der Waals surface area contributed by atoms with Gasteiger partial charge in [0.25, 0.3) is 5.91 Å². The molecule has 0 radical (unpaired) electrons. The fourth-order valence-electron chi connectivity index (χ4n) is 4.50. The number of benzene rings is 2. The molecular weight excluding hydrogens is 428 g/mol. The number of nitrogens with zero attached hydrogens (tertiary/aromatic N) is 2. The first kappa shape index (κ1) is 25.1. The molecule has 3 atom stereocenters. The Balaban J connectivity index is 2.02. The highest BCUT2D eigenvalue weighted by Crippen LogP contribution is 2.29. The maximum Gasteiger partial charge on any atom is 0.272 e. The standard InChI is InChI=1S/C27H34N4O3/c1-5-11-19(24(28)32)21(16-17(2)3)26(33)30-25-27(34)31(4)22-15-10-9-14-20(22)23(29-25)18-12-7-6-8-13-18/h6-10,12-15,17,19,21,25H,5,11,16H2,1-4H3,(H2,28,32)(H,30,33)/t19-,21+,25?/m0/s1. The Morgan fingerprint density at radius 1 is 1.06 bits per heavy atom. The summed E-state index contributed by atoms with van der Waals surface area (Å²) >= 11 is 0. The summed E-state index contributed by atoms with van der Waals surface area (Å²) in [5.74, 6) is -2.26. The van der Waals surface area contributed by atoms with Crippen molar-refractivity contribution < 1.29 is 14.4 Å². The molecule has 1 aliphatic heterocycles. The van der Waals surface area contributed by atoms with Gasteiger partial charge in [0.05, 0.1) is 11.4 Å². The zero-order valence-corrected chi connectivity index (χ0v) is 20.3. The van der Waals surface area contributed by atoms with Gasteiger partial charge in [-0.25, -0.2) is 4.99 Å². The van der Waals surface area contributed by atoms with Crippen molar-refractivity contribution in [2.45, 2.75) is 46.2 Å². The third-order valence-electron chi connectivity index (χ3n) is 6.18. The van der Waals surface area contributed by atoms with Crippen LogP contribution in [0.2, 0.25) is 0 Å². The average molecular weight is 463 g/mol. The molecule has 7 heteroatoms. The van der Waals surface area contributed by atoms with Crippen LogP contribution in [0, 0.1) is 17.8 Å². The number of carbonyl (C=O) groups is 3. The van der Waals surface area contributed by atoms with Crippen LogP contribution in [-0.4, -0.2) is 36.6 Å². The Labute approximate surface area is 201 Å². The van der Waals surface area contributed by atoms with Gasteiger partial charge in [-0.2, -0.15) is 0 Å². The minimum Gasteiger partial charge on any atom is -0.369 e. The third kappa shape index (κ3) is 5.53. The minimum absolute atomic E-state index is 0.176. The zero-order chi connectivity index (χ0) is 24.8. The maximum atomic E-state index is 13.5. The molecule has 1 heterocycles. The minimum atomic E-state index is -1.12. The lowest BCUT2D eigenvalue weighted by Crippen LogP contribution is -2.50. The van der Waals surface area contributed by atoms with E-state index in [1.807, 2.05) is 75.4 Å². The first-order valence-electron chi connectivity index (χ1n) is 11.8. The first-order chi connectivity index (χ1) is 16.2. The van der Waals surface area contributed by atoms with Crippen LogP contribution < -0.4 is 16.0 Å². The van der Waals surface area contributed by atoms with Gasteiger partial charge >= 0.3 is 0 Å². The Kier molecular flexibility index (Phi) is 8.21. The van der Waals surface area contributed by atoms with Crippen molar-refractivity contribution in [3.63, 3.8) is 0 Å². The molecule has 3 N–H and O–H groups in total. The van der Waals surface area contributed by atoms with E-state index in [1.165, 1.54) is 4.90 Å². The number of benzodiazepines with no additional fused rings is 1. The summed E-state index contributed by atoms with van der Waals surface area (Å²) in [6, 6.07) is 17.1. The summed E-state index contributed by atoms with van der Waals surface area (Å²) < 4.78 is 0. The van der Waals surface area contributed by atoms with Gasteiger partial charge in [0.1, 0.15) is 0 Å². The van der Waals surface area contributed by atoms with Gasteiger partial charge < -0.3 is 16.0 Å². The predicted molar refractivity (Wildman–Crippen MR) is 134 cm³/mol. The van der Waals surface area contributed by atoms with Crippen LogP contribution in [0.1, 0.15) is 51.2 Å². The number of likely N-dealkylation sites (N-methyl/N-ethyl adjacent to an activating group) is 1. The average Bonchev–Trinajstić information content (AvgIpc) is 2.92. The molecule has 1 unspecified atom stereocenters. The topological polar surface area (TPSA) is 105 Å². The molecule has 2 aromatic carbocycles. The van der Waals surface area contributed by atoms with E-state index >= 15 is 0 Å². The number of aliphatic imine (C=N–C) groups is 1. The Bertz CT molecular complexity index is 1060. The molecule has 0 fully saturated rings. The van der Waals surface area contributed by atoms with E-state index in [-0.39, 0.29) is 17.7 Å².